The number of carbonyl (C=O) groups excluding carboxylic acids is 1. The number of alkyl halides is 3. The van der Waals surface area contributed by atoms with Crippen LogP contribution in [0.15, 0.2) is 54.6 Å². The van der Waals surface area contributed by atoms with Crippen molar-refractivity contribution in [3.63, 3.8) is 0 Å². The van der Waals surface area contributed by atoms with Gasteiger partial charge in [-0.15, -0.1) is 0 Å². The van der Waals surface area contributed by atoms with Crippen molar-refractivity contribution in [2.45, 2.75) is 12.2 Å². The number of morpholine rings is 1. The van der Waals surface area contributed by atoms with E-state index in [0.717, 1.165) is 22.6 Å². The number of anilines is 1. The van der Waals surface area contributed by atoms with Crippen molar-refractivity contribution in [3.8, 4) is 0 Å². The average Bonchev–Trinajstić information content (AvgIpc) is 2.63. The molecule has 0 bridgehead atoms. The fraction of sp³-hybridized carbons (Fsp3) is 0.316. The van der Waals surface area contributed by atoms with E-state index in [4.69, 9.17) is 4.74 Å². The quantitative estimate of drug-likeness (QED) is 0.873. The molecule has 0 spiro atoms. The van der Waals surface area contributed by atoms with E-state index in [9.17, 15) is 18.0 Å². The van der Waals surface area contributed by atoms with Crippen LogP contribution >= 0.6 is 0 Å². The number of hydrogen-bond acceptors (Lipinski definition) is 2. The first-order chi connectivity index (χ1) is 12.4. The smallest absolute Gasteiger partial charge is 0.370 e. The van der Waals surface area contributed by atoms with Crippen LogP contribution in [0.1, 0.15) is 17.2 Å². The zero-order valence-corrected chi connectivity index (χ0v) is 14.1. The molecular formula is C19H20F3N2O2+. The second-order valence-corrected chi connectivity index (χ2v) is 6.18. The molecule has 3 rings (SSSR count). The van der Waals surface area contributed by atoms with Gasteiger partial charge >= 0.3 is 6.18 Å². The van der Waals surface area contributed by atoms with Crippen molar-refractivity contribution in [2.24, 2.45) is 0 Å². The van der Waals surface area contributed by atoms with Gasteiger partial charge in [-0.2, -0.15) is 13.2 Å². The third-order valence-electron chi connectivity index (χ3n) is 4.40. The molecule has 0 aliphatic carbocycles. The van der Waals surface area contributed by atoms with Crippen molar-refractivity contribution in [1.82, 2.24) is 0 Å². The van der Waals surface area contributed by atoms with Crippen LogP contribution in [0.3, 0.4) is 0 Å². The zero-order valence-electron chi connectivity index (χ0n) is 14.1. The van der Waals surface area contributed by atoms with Crippen LogP contribution in [-0.4, -0.2) is 32.2 Å². The summed E-state index contributed by atoms with van der Waals surface area (Å²) in [5.41, 5.74) is 0.178. The van der Waals surface area contributed by atoms with Gasteiger partial charge in [0, 0.05) is 11.3 Å². The van der Waals surface area contributed by atoms with Crippen molar-refractivity contribution < 1.29 is 27.6 Å². The van der Waals surface area contributed by atoms with Gasteiger partial charge in [-0.3, -0.25) is 4.79 Å². The van der Waals surface area contributed by atoms with Crippen LogP contribution < -0.4 is 10.2 Å². The number of amides is 1. The summed E-state index contributed by atoms with van der Waals surface area (Å²) in [6.07, 6.45) is -4.45. The highest BCUT2D eigenvalue weighted by Crippen LogP contribution is 2.30. The summed E-state index contributed by atoms with van der Waals surface area (Å²) in [5.74, 6) is -0.326. The fourth-order valence-corrected chi connectivity index (χ4v) is 3.13. The maximum atomic E-state index is 12.9. The highest BCUT2D eigenvalue weighted by molar-refractivity contribution is 5.94. The van der Waals surface area contributed by atoms with Gasteiger partial charge in [0.1, 0.15) is 13.1 Å². The monoisotopic (exact) mass is 365 g/mol. The molecule has 0 saturated carbocycles. The molecule has 138 valence electrons. The molecule has 1 amide bonds. The summed E-state index contributed by atoms with van der Waals surface area (Å²) in [6, 6.07) is 13.5. The predicted octanol–water partition coefficient (Wildman–Crippen LogP) is 2.30. The van der Waals surface area contributed by atoms with Gasteiger partial charge in [-0.05, 0) is 18.2 Å². The van der Waals surface area contributed by atoms with Crippen molar-refractivity contribution in [2.75, 3.05) is 31.6 Å². The minimum Gasteiger partial charge on any atom is -0.370 e. The predicted molar refractivity (Wildman–Crippen MR) is 90.8 cm³/mol. The number of quaternary nitrogens is 1. The van der Waals surface area contributed by atoms with Gasteiger partial charge in [0.25, 0.3) is 5.91 Å². The summed E-state index contributed by atoms with van der Waals surface area (Å²) < 4.78 is 44.0. The average molecular weight is 365 g/mol. The first-order valence-corrected chi connectivity index (χ1v) is 8.40. The first kappa shape index (κ1) is 18.4. The molecule has 4 nitrogen and oxygen atoms in total. The van der Waals surface area contributed by atoms with E-state index in [0.29, 0.717) is 26.3 Å². The Hall–Kier alpha value is -2.38. The summed E-state index contributed by atoms with van der Waals surface area (Å²) >= 11 is 0. The Bertz CT molecular complexity index is 744. The Morgan fingerprint density at radius 3 is 2.38 bits per heavy atom. The van der Waals surface area contributed by atoms with Crippen molar-refractivity contribution in [3.05, 3.63) is 65.7 Å². The van der Waals surface area contributed by atoms with Gasteiger partial charge in [0.05, 0.1) is 18.8 Å². The molecular weight excluding hydrogens is 345 g/mol. The standard InChI is InChI=1S/C19H19F3N2O2/c20-19(21,22)15-7-4-8-16(13-15)23-18(25)17(14-5-2-1-3-6-14)24-9-11-26-12-10-24/h1-8,13,17H,9-12H2,(H,23,25)/p+1/t17-/m1/s1. The van der Waals surface area contributed by atoms with E-state index in [-0.39, 0.29) is 11.6 Å². The summed E-state index contributed by atoms with van der Waals surface area (Å²) in [6.45, 7) is 2.43. The van der Waals surface area contributed by atoms with Crippen LogP contribution in [0, 0.1) is 0 Å². The molecule has 1 heterocycles. The van der Waals surface area contributed by atoms with Gasteiger partial charge in [-0.25, -0.2) is 0 Å². The molecule has 0 unspecified atom stereocenters. The van der Waals surface area contributed by atoms with Crippen LogP contribution in [-0.2, 0) is 15.7 Å². The lowest BCUT2D eigenvalue weighted by atomic mass is 10.0. The first-order valence-electron chi connectivity index (χ1n) is 8.40. The number of carbonyl (C=O) groups is 1. The molecule has 0 radical (unpaired) electrons. The number of hydrogen-bond donors (Lipinski definition) is 2. The molecule has 1 fully saturated rings. The van der Waals surface area contributed by atoms with Crippen LogP contribution in [0.25, 0.3) is 0 Å². The fourth-order valence-electron chi connectivity index (χ4n) is 3.13. The van der Waals surface area contributed by atoms with Gasteiger partial charge < -0.3 is 15.0 Å². The molecule has 1 aliphatic heterocycles. The normalized spacial score (nSPS) is 16.9. The number of halogens is 3. The number of rotatable bonds is 4. The summed E-state index contributed by atoms with van der Waals surface area (Å²) in [4.78, 5) is 14.0. The Morgan fingerprint density at radius 1 is 1.04 bits per heavy atom. The van der Waals surface area contributed by atoms with Gasteiger partial charge in [-0.1, -0.05) is 36.4 Å². The lowest BCUT2D eigenvalue weighted by Gasteiger charge is -2.30. The highest BCUT2D eigenvalue weighted by Gasteiger charge is 2.34. The van der Waals surface area contributed by atoms with Crippen LogP contribution in [0.4, 0.5) is 18.9 Å². The lowest BCUT2D eigenvalue weighted by Crippen LogP contribution is -3.15. The van der Waals surface area contributed by atoms with E-state index in [1.807, 2.05) is 30.3 Å². The molecule has 7 heteroatoms. The van der Waals surface area contributed by atoms with E-state index < -0.39 is 17.8 Å². The van der Waals surface area contributed by atoms with Crippen LogP contribution in [0.5, 0.6) is 0 Å². The molecule has 26 heavy (non-hydrogen) atoms. The Balaban J connectivity index is 1.84. The van der Waals surface area contributed by atoms with Gasteiger partial charge in [0.2, 0.25) is 0 Å². The molecule has 1 atom stereocenters. The summed E-state index contributed by atoms with van der Waals surface area (Å²) in [7, 11) is 0. The minimum atomic E-state index is -4.45. The Kier molecular flexibility index (Phi) is 5.58. The van der Waals surface area contributed by atoms with E-state index >= 15 is 0 Å². The molecule has 2 aromatic carbocycles. The lowest BCUT2D eigenvalue weighted by molar-refractivity contribution is -0.929. The largest absolute Gasteiger partial charge is 0.416 e. The highest BCUT2D eigenvalue weighted by atomic mass is 19.4. The SMILES string of the molecule is O=C(Nc1cccc(C(F)(F)F)c1)[C@@H](c1ccccc1)[NH+]1CCOCC1. The molecule has 2 aromatic rings. The Labute approximate surface area is 149 Å². The van der Waals surface area contributed by atoms with E-state index in [1.165, 1.54) is 12.1 Å². The zero-order chi connectivity index (χ0) is 18.6. The van der Waals surface area contributed by atoms with Gasteiger partial charge in [0.15, 0.2) is 6.04 Å². The number of benzene rings is 2. The van der Waals surface area contributed by atoms with Crippen molar-refractivity contribution in [1.29, 1.82) is 0 Å². The maximum absolute atomic E-state index is 12.9. The molecule has 1 saturated heterocycles. The third kappa shape index (κ3) is 4.42. The van der Waals surface area contributed by atoms with Crippen molar-refractivity contribution >= 4 is 11.6 Å². The molecule has 2 N–H and O–H groups in total. The minimum absolute atomic E-state index is 0.137. The topological polar surface area (TPSA) is 42.8 Å². The third-order valence-corrected chi connectivity index (χ3v) is 4.40. The molecule has 0 aromatic heterocycles. The van der Waals surface area contributed by atoms with E-state index in [1.54, 1.807) is 0 Å². The number of ether oxygens (including phenoxy) is 1. The maximum Gasteiger partial charge on any atom is 0.416 e. The van der Waals surface area contributed by atoms with Crippen LogP contribution in [0.2, 0.25) is 0 Å². The Morgan fingerprint density at radius 2 is 1.73 bits per heavy atom. The number of nitrogens with one attached hydrogen (secondary N) is 2. The second kappa shape index (κ2) is 7.88. The second-order valence-electron chi connectivity index (χ2n) is 6.18. The molecule has 1 aliphatic rings. The summed E-state index contributed by atoms with van der Waals surface area (Å²) in [5, 5.41) is 2.65. The van der Waals surface area contributed by atoms with E-state index in [2.05, 4.69) is 5.32 Å².